The van der Waals surface area contributed by atoms with Gasteiger partial charge in [-0.3, -0.25) is 14.3 Å². The zero-order valence-corrected chi connectivity index (χ0v) is 13.5. The molecule has 0 aromatic carbocycles. The van der Waals surface area contributed by atoms with Crippen LogP contribution in [-0.4, -0.2) is 39.0 Å². The molecule has 128 valence electrons. The van der Waals surface area contributed by atoms with E-state index in [2.05, 4.69) is 15.4 Å². The van der Waals surface area contributed by atoms with E-state index < -0.39 is 0 Å². The minimum absolute atomic E-state index is 0.137. The number of ether oxygens (including phenoxy) is 1. The second kappa shape index (κ2) is 6.48. The van der Waals surface area contributed by atoms with Gasteiger partial charge in [0, 0.05) is 31.1 Å². The van der Waals surface area contributed by atoms with Gasteiger partial charge in [-0.1, -0.05) is 0 Å². The van der Waals surface area contributed by atoms with Crippen LogP contribution in [0.15, 0.2) is 29.5 Å². The van der Waals surface area contributed by atoms with Crippen molar-refractivity contribution < 1.29 is 14.6 Å². The molecule has 0 aliphatic heterocycles. The number of nitrogens with one attached hydrogen (secondary N) is 2. The summed E-state index contributed by atoms with van der Waals surface area (Å²) in [6.45, 7) is 0. The molecule has 1 aliphatic rings. The average molecular weight is 332 g/mol. The molecule has 3 N–H and O–H groups in total. The number of H-pyrrole nitrogens is 1. The highest BCUT2D eigenvalue weighted by Gasteiger charge is 2.36. The number of rotatable bonds is 5. The van der Waals surface area contributed by atoms with Crippen molar-refractivity contribution in [3.05, 3.63) is 46.1 Å². The molecule has 2 aromatic heterocycles. The van der Waals surface area contributed by atoms with Crippen molar-refractivity contribution in [1.29, 1.82) is 0 Å². The number of aliphatic hydroxyl groups excluding tert-OH is 1. The van der Waals surface area contributed by atoms with Crippen LogP contribution in [0.5, 0.6) is 5.75 Å². The van der Waals surface area contributed by atoms with Crippen molar-refractivity contribution in [2.45, 2.75) is 25.0 Å². The number of aromatic nitrogens is 3. The molecule has 0 spiro atoms. The van der Waals surface area contributed by atoms with E-state index in [1.165, 1.54) is 19.4 Å². The smallest absolute Gasteiger partial charge is 0.268 e. The first-order valence-electron chi connectivity index (χ1n) is 7.72. The second-order valence-corrected chi connectivity index (χ2v) is 6.06. The molecular weight excluding hydrogens is 312 g/mol. The first-order valence-corrected chi connectivity index (χ1v) is 7.72. The maximum Gasteiger partial charge on any atom is 0.268 e. The molecule has 1 aliphatic carbocycles. The van der Waals surface area contributed by atoms with Crippen LogP contribution in [0, 0.1) is 5.92 Å². The Hall–Kier alpha value is -2.61. The fourth-order valence-electron chi connectivity index (χ4n) is 2.94. The fourth-order valence-corrected chi connectivity index (χ4v) is 2.94. The van der Waals surface area contributed by atoms with Gasteiger partial charge in [-0.15, -0.1) is 0 Å². The summed E-state index contributed by atoms with van der Waals surface area (Å²) < 4.78 is 6.56. The molecular formula is C16H20N4O4. The van der Waals surface area contributed by atoms with Crippen LogP contribution in [0.25, 0.3) is 0 Å². The zero-order valence-electron chi connectivity index (χ0n) is 13.5. The lowest BCUT2D eigenvalue weighted by molar-refractivity contribution is 0.0234. The highest BCUT2D eigenvalue weighted by molar-refractivity contribution is 5.92. The lowest BCUT2D eigenvalue weighted by atomic mass is 9.75. The Morgan fingerprint density at radius 3 is 2.83 bits per heavy atom. The summed E-state index contributed by atoms with van der Waals surface area (Å²) >= 11 is 0. The number of aryl methyl sites for hydroxylation is 1. The van der Waals surface area contributed by atoms with Crippen LogP contribution in [0.1, 0.15) is 34.9 Å². The van der Waals surface area contributed by atoms with Crippen LogP contribution < -0.4 is 15.5 Å². The van der Waals surface area contributed by atoms with Crippen molar-refractivity contribution >= 4 is 5.91 Å². The Balaban J connectivity index is 1.80. The number of hydrogen-bond donors (Lipinski definition) is 3. The average Bonchev–Trinajstić information content (AvgIpc) is 2.96. The normalized spacial score (nSPS) is 21.0. The summed E-state index contributed by atoms with van der Waals surface area (Å²) in [6.07, 6.45) is 5.83. The summed E-state index contributed by atoms with van der Waals surface area (Å²) in [7, 11) is 3.20. The van der Waals surface area contributed by atoms with Crippen molar-refractivity contribution in [1.82, 2.24) is 20.1 Å². The van der Waals surface area contributed by atoms with Gasteiger partial charge in [-0.05, 0) is 18.8 Å². The van der Waals surface area contributed by atoms with E-state index in [9.17, 15) is 14.7 Å². The third kappa shape index (κ3) is 3.18. The van der Waals surface area contributed by atoms with Gasteiger partial charge in [0.1, 0.15) is 5.69 Å². The number of hydrogen-bond acceptors (Lipinski definition) is 5. The van der Waals surface area contributed by atoms with Gasteiger partial charge in [0.15, 0.2) is 5.75 Å². The predicted molar refractivity (Wildman–Crippen MR) is 85.8 cm³/mol. The van der Waals surface area contributed by atoms with E-state index in [0.29, 0.717) is 12.8 Å². The molecule has 8 nitrogen and oxygen atoms in total. The van der Waals surface area contributed by atoms with Gasteiger partial charge >= 0.3 is 0 Å². The number of carbonyl (C=O) groups excluding carboxylic acids is 1. The van der Waals surface area contributed by atoms with Crippen LogP contribution in [-0.2, 0) is 7.05 Å². The minimum Gasteiger partial charge on any atom is -0.491 e. The number of aliphatic hydroxyl groups is 1. The number of methoxy groups -OCH3 is 1. The number of aromatic amines is 1. The molecule has 1 amide bonds. The first-order chi connectivity index (χ1) is 11.5. The first kappa shape index (κ1) is 16.3. The number of pyridine rings is 1. The van der Waals surface area contributed by atoms with Crippen molar-refractivity contribution in [3.63, 3.8) is 0 Å². The molecule has 8 heteroatoms. The summed E-state index contributed by atoms with van der Waals surface area (Å²) in [5.74, 6) is -0.0967. The Labute approximate surface area is 138 Å². The molecule has 3 rings (SSSR count). The molecule has 1 fully saturated rings. The minimum atomic E-state index is -0.384. The van der Waals surface area contributed by atoms with E-state index in [0.717, 1.165) is 5.56 Å². The van der Waals surface area contributed by atoms with Crippen LogP contribution in [0.3, 0.4) is 0 Å². The molecule has 1 saturated carbocycles. The van der Waals surface area contributed by atoms with Gasteiger partial charge < -0.3 is 20.1 Å². The van der Waals surface area contributed by atoms with Gasteiger partial charge in [0.05, 0.1) is 25.5 Å². The Morgan fingerprint density at radius 2 is 2.29 bits per heavy atom. The van der Waals surface area contributed by atoms with E-state index in [4.69, 9.17) is 4.74 Å². The molecule has 0 radical (unpaired) electrons. The Bertz CT molecular complexity index is 791. The van der Waals surface area contributed by atoms with Crippen LogP contribution in [0.2, 0.25) is 0 Å². The third-order valence-corrected chi connectivity index (χ3v) is 4.33. The molecule has 0 bridgehead atoms. The third-order valence-electron chi connectivity index (χ3n) is 4.33. The van der Waals surface area contributed by atoms with E-state index in [1.807, 2.05) is 6.20 Å². The lowest BCUT2D eigenvalue weighted by Gasteiger charge is -2.37. The highest BCUT2D eigenvalue weighted by Crippen LogP contribution is 2.38. The monoisotopic (exact) mass is 332 g/mol. The van der Waals surface area contributed by atoms with Crippen LogP contribution >= 0.6 is 0 Å². The Morgan fingerprint density at radius 1 is 1.54 bits per heavy atom. The summed E-state index contributed by atoms with van der Waals surface area (Å²) in [4.78, 5) is 27.1. The largest absolute Gasteiger partial charge is 0.491 e. The summed E-state index contributed by atoms with van der Waals surface area (Å²) in [5, 5.41) is 16.6. The number of nitrogens with zero attached hydrogens (tertiary/aromatic N) is 2. The van der Waals surface area contributed by atoms with Crippen molar-refractivity contribution in [3.8, 4) is 5.75 Å². The van der Waals surface area contributed by atoms with Crippen molar-refractivity contribution in [2.75, 3.05) is 7.11 Å². The topological polar surface area (TPSA) is 109 Å². The number of carbonyl (C=O) groups is 1. The van der Waals surface area contributed by atoms with Gasteiger partial charge in [-0.25, -0.2) is 0 Å². The second-order valence-electron chi connectivity index (χ2n) is 6.06. The quantitative estimate of drug-likeness (QED) is 0.732. The van der Waals surface area contributed by atoms with Gasteiger partial charge in [-0.2, -0.15) is 5.10 Å². The van der Waals surface area contributed by atoms with Gasteiger partial charge in [0.25, 0.3) is 5.91 Å². The highest BCUT2D eigenvalue weighted by atomic mass is 16.5. The molecule has 2 heterocycles. The lowest BCUT2D eigenvalue weighted by Crippen LogP contribution is -2.41. The van der Waals surface area contributed by atoms with E-state index in [1.54, 1.807) is 17.9 Å². The van der Waals surface area contributed by atoms with Gasteiger partial charge in [0.2, 0.25) is 5.43 Å². The number of amides is 1. The summed E-state index contributed by atoms with van der Waals surface area (Å²) in [6, 6.07) is 0.949. The molecule has 1 atom stereocenters. The zero-order chi connectivity index (χ0) is 17.3. The SMILES string of the molecule is COc1c[nH]c(C(=O)N[C@H](c2cnn(C)c2)C2CC(O)C2)cc1=O. The molecule has 24 heavy (non-hydrogen) atoms. The maximum absolute atomic E-state index is 12.5. The summed E-state index contributed by atoms with van der Waals surface area (Å²) in [5.41, 5.74) is 0.673. The van der Waals surface area contributed by atoms with Crippen LogP contribution in [0.4, 0.5) is 0 Å². The standard InChI is InChI=1S/C16H20N4O4/c1-20-8-10(6-18-20)15(9-3-11(21)4-9)19-16(23)12-5-13(22)14(24-2)7-17-12/h5-9,11,15,21H,3-4H2,1-2H3,(H,17,22)(H,19,23)/t9?,11?,15-/m0/s1. The van der Waals surface area contributed by atoms with E-state index >= 15 is 0 Å². The maximum atomic E-state index is 12.5. The predicted octanol–water partition coefficient (Wildman–Crippen LogP) is 0.359. The molecule has 2 aromatic rings. The Kier molecular flexibility index (Phi) is 4.39. The fraction of sp³-hybridized carbons (Fsp3) is 0.438. The molecule has 0 saturated heterocycles. The van der Waals surface area contributed by atoms with E-state index in [-0.39, 0.29) is 40.8 Å². The van der Waals surface area contributed by atoms with Crippen molar-refractivity contribution in [2.24, 2.45) is 13.0 Å². The molecule has 0 unspecified atom stereocenters.